The number of oxime groups is 1. The zero-order valence-electron chi connectivity index (χ0n) is 15.5. The Morgan fingerprint density at radius 1 is 1.48 bits per heavy atom. The van der Waals surface area contributed by atoms with Crippen molar-refractivity contribution in [1.82, 2.24) is 0 Å². The molecule has 0 amide bonds. The van der Waals surface area contributed by atoms with E-state index in [1.165, 1.54) is 0 Å². The van der Waals surface area contributed by atoms with Crippen LogP contribution in [0.1, 0.15) is 50.7 Å². The molecule has 0 saturated heterocycles. The molecule has 4 nitrogen and oxygen atoms in total. The first-order valence-electron chi connectivity index (χ1n) is 8.64. The number of aryl methyl sites for hydroxylation is 1. The van der Waals surface area contributed by atoms with Crippen LogP contribution in [0.4, 0.5) is 0 Å². The van der Waals surface area contributed by atoms with E-state index in [9.17, 15) is 9.90 Å². The maximum Gasteiger partial charge on any atom is 0.168 e. The van der Waals surface area contributed by atoms with Crippen LogP contribution < -0.4 is 0 Å². The molecule has 0 bridgehead atoms. The first kappa shape index (κ1) is 19.0. The van der Waals surface area contributed by atoms with Crippen LogP contribution in [0.25, 0.3) is 0 Å². The fraction of sp³-hybridized carbons (Fsp3) is 0.429. The van der Waals surface area contributed by atoms with E-state index in [0.29, 0.717) is 24.1 Å². The minimum Gasteiger partial charge on any atom is -0.511 e. The molecule has 2 rings (SSSR count). The molecule has 0 radical (unpaired) electrons. The Bertz CT molecular complexity index is 728. The smallest absolute Gasteiger partial charge is 0.168 e. The minimum absolute atomic E-state index is 0.0887. The third-order valence-electron chi connectivity index (χ3n) is 4.57. The normalized spacial score (nSPS) is 20.6. The predicted molar refractivity (Wildman–Crippen MR) is 101 cm³/mol. The number of rotatable bonds is 6. The summed E-state index contributed by atoms with van der Waals surface area (Å²) in [5.41, 5.74) is 2.54. The molecule has 0 fully saturated rings. The van der Waals surface area contributed by atoms with Gasteiger partial charge >= 0.3 is 0 Å². The van der Waals surface area contributed by atoms with Gasteiger partial charge in [0.15, 0.2) is 5.78 Å². The van der Waals surface area contributed by atoms with Gasteiger partial charge in [-0.3, -0.25) is 4.79 Å². The molecular formula is C21H27NO3. The molecule has 1 aliphatic rings. The van der Waals surface area contributed by atoms with Crippen molar-refractivity contribution in [1.29, 1.82) is 0 Å². The summed E-state index contributed by atoms with van der Waals surface area (Å²) in [5, 5.41) is 15.1. The van der Waals surface area contributed by atoms with Crippen molar-refractivity contribution in [3.05, 3.63) is 59.4 Å². The maximum absolute atomic E-state index is 12.7. The summed E-state index contributed by atoms with van der Waals surface area (Å²) in [6.45, 7) is 11.8. The average Bonchev–Trinajstić information content (AvgIpc) is 2.52. The third kappa shape index (κ3) is 4.01. The second-order valence-corrected chi connectivity index (χ2v) is 7.17. The molecule has 4 heteroatoms. The van der Waals surface area contributed by atoms with E-state index in [2.05, 4.69) is 17.8 Å². The van der Waals surface area contributed by atoms with Gasteiger partial charge in [0.2, 0.25) is 0 Å². The van der Waals surface area contributed by atoms with Crippen LogP contribution in [0, 0.1) is 12.3 Å². The number of carbonyl (C=O) groups excluding carboxylic acids is 1. The van der Waals surface area contributed by atoms with Gasteiger partial charge in [0, 0.05) is 12.3 Å². The summed E-state index contributed by atoms with van der Waals surface area (Å²) in [7, 11) is 0. The van der Waals surface area contributed by atoms with Crippen LogP contribution in [0.2, 0.25) is 0 Å². The van der Waals surface area contributed by atoms with Gasteiger partial charge in [-0.1, -0.05) is 68.4 Å². The Morgan fingerprint density at radius 2 is 2.20 bits per heavy atom. The molecule has 25 heavy (non-hydrogen) atoms. The molecule has 1 aromatic rings. The van der Waals surface area contributed by atoms with Crippen LogP contribution in [-0.4, -0.2) is 23.2 Å². The van der Waals surface area contributed by atoms with Crippen molar-refractivity contribution in [2.45, 2.75) is 46.5 Å². The lowest BCUT2D eigenvalue weighted by molar-refractivity contribution is -0.118. The molecule has 1 aliphatic carbocycles. The van der Waals surface area contributed by atoms with E-state index in [4.69, 9.17) is 4.84 Å². The Morgan fingerprint density at radius 3 is 2.80 bits per heavy atom. The van der Waals surface area contributed by atoms with Crippen LogP contribution in [-0.2, 0) is 9.63 Å². The molecule has 0 heterocycles. The van der Waals surface area contributed by atoms with E-state index in [0.717, 1.165) is 11.1 Å². The van der Waals surface area contributed by atoms with Crippen LogP contribution in [0.15, 0.2) is 53.4 Å². The van der Waals surface area contributed by atoms with Crippen molar-refractivity contribution in [2.24, 2.45) is 10.6 Å². The number of allylic oxidation sites excluding steroid dienone is 2. The standard InChI is InChI=1S/C21H27NO3/c1-6-11-25-22-16(7-2)18-17(23)13-21(4,5)19(20(18)24)15-10-8-9-14(3)12-15/h6,8-10,12,19,24H,1,7,11,13H2,2-5H3/b22-16-. The molecule has 1 unspecified atom stereocenters. The number of Topliss-reactive ketones (excluding diaryl/α,β-unsaturated/α-hetero) is 1. The fourth-order valence-corrected chi connectivity index (χ4v) is 3.48. The number of aliphatic hydroxyl groups is 1. The summed E-state index contributed by atoms with van der Waals surface area (Å²) < 4.78 is 0. The van der Waals surface area contributed by atoms with Gasteiger partial charge in [-0.05, 0) is 24.3 Å². The Balaban J connectivity index is 2.57. The van der Waals surface area contributed by atoms with E-state index in [1.807, 2.05) is 45.9 Å². The number of hydrogen-bond donors (Lipinski definition) is 1. The largest absolute Gasteiger partial charge is 0.511 e. The minimum atomic E-state index is -0.376. The quantitative estimate of drug-likeness (QED) is 0.348. The van der Waals surface area contributed by atoms with Crippen LogP contribution >= 0.6 is 0 Å². The van der Waals surface area contributed by atoms with Crippen molar-refractivity contribution in [2.75, 3.05) is 6.61 Å². The summed E-state index contributed by atoms with van der Waals surface area (Å²) in [4.78, 5) is 17.9. The Kier molecular flexibility index (Phi) is 5.83. The molecule has 1 N–H and O–H groups in total. The molecule has 0 saturated carbocycles. The van der Waals surface area contributed by atoms with Gasteiger partial charge in [-0.25, -0.2) is 0 Å². The van der Waals surface area contributed by atoms with Gasteiger partial charge in [0.25, 0.3) is 0 Å². The van der Waals surface area contributed by atoms with Crippen molar-refractivity contribution >= 4 is 11.5 Å². The number of benzene rings is 1. The maximum atomic E-state index is 12.7. The van der Waals surface area contributed by atoms with Gasteiger partial charge < -0.3 is 9.94 Å². The first-order valence-corrected chi connectivity index (χ1v) is 8.64. The lowest BCUT2D eigenvalue weighted by Gasteiger charge is -2.38. The number of ketones is 1. The zero-order chi connectivity index (χ0) is 18.6. The topological polar surface area (TPSA) is 58.9 Å². The SMILES string of the molecule is C=CCO/N=C(/CC)C1=C(O)C(c2cccc(C)c2)C(C)(C)CC1=O. The fourth-order valence-electron chi connectivity index (χ4n) is 3.48. The summed E-state index contributed by atoms with van der Waals surface area (Å²) >= 11 is 0. The van der Waals surface area contributed by atoms with Crippen LogP contribution in [0.3, 0.4) is 0 Å². The van der Waals surface area contributed by atoms with Gasteiger partial charge in [-0.15, -0.1) is 0 Å². The molecule has 1 aromatic carbocycles. The van der Waals surface area contributed by atoms with Crippen LogP contribution in [0.5, 0.6) is 0 Å². The second-order valence-electron chi connectivity index (χ2n) is 7.17. The molecule has 134 valence electrons. The van der Waals surface area contributed by atoms with Gasteiger partial charge in [0.05, 0.1) is 11.3 Å². The van der Waals surface area contributed by atoms with Gasteiger partial charge in [-0.2, -0.15) is 0 Å². The molecule has 0 aliphatic heterocycles. The highest BCUT2D eigenvalue weighted by Gasteiger charge is 2.43. The van der Waals surface area contributed by atoms with E-state index >= 15 is 0 Å². The first-order chi connectivity index (χ1) is 11.8. The van der Waals surface area contributed by atoms with E-state index in [-0.39, 0.29) is 29.5 Å². The number of hydrogen-bond acceptors (Lipinski definition) is 4. The predicted octanol–water partition coefficient (Wildman–Crippen LogP) is 4.86. The summed E-state index contributed by atoms with van der Waals surface area (Å²) in [5.74, 6) is -0.250. The zero-order valence-corrected chi connectivity index (χ0v) is 15.5. The highest BCUT2D eigenvalue weighted by atomic mass is 16.6. The Hall–Kier alpha value is -2.36. The highest BCUT2D eigenvalue weighted by molar-refractivity contribution is 6.23. The molecular weight excluding hydrogens is 314 g/mol. The second kappa shape index (κ2) is 7.68. The number of carbonyl (C=O) groups is 1. The van der Waals surface area contributed by atoms with Crippen molar-refractivity contribution < 1.29 is 14.7 Å². The van der Waals surface area contributed by atoms with E-state index < -0.39 is 0 Å². The molecule has 0 spiro atoms. The lowest BCUT2D eigenvalue weighted by Crippen LogP contribution is -2.35. The van der Waals surface area contributed by atoms with Crippen molar-refractivity contribution in [3.8, 4) is 0 Å². The number of nitrogens with zero attached hydrogens (tertiary/aromatic N) is 1. The highest BCUT2D eigenvalue weighted by Crippen LogP contribution is 2.48. The lowest BCUT2D eigenvalue weighted by atomic mass is 9.65. The number of aliphatic hydroxyl groups excluding tert-OH is 1. The van der Waals surface area contributed by atoms with Crippen molar-refractivity contribution in [3.63, 3.8) is 0 Å². The van der Waals surface area contributed by atoms with E-state index in [1.54, 1.807) is 6.08 Å². The average molecular weight is 341 g/mol. The summed E-state index contributed by atoms with van der Waals surface area (Å²) in [6.07, 6.45) is 2.45. The summed E-state index contributed by atoms with van der Waals surface area (Å²) in [6, 6.07) is 8.06. The van der Waals surface area contributed by atoms with Gasteiger partial charge in [0.1, 0.15) is 12.4 Å². The third-order valence-corrected chi connectivity index (χ3v) is 4.57. The Labute approximate surface area is 149 Å². The monoisotopic (exact) mass is 341 g/mol. The molecule has 0 aromatic heterocycles. The molecule has 1 atom stereocenters.